The van der Waals surface area contributed by atoms with Crippen molar-refractivity contribution in [2.45, 2.75) is 19.8 Å². The maximum atomic E-state index is 12.8. The molecule has 1 aliphatic rings. The molecular weight excluding hydrogens is 309 g/mol. The van der Waals surface area contributed by atoms with E-state index in [1.54, 1.807) is 16.8 Å². The standard InChI is InChI=1S/C18H22FN3O2/c1-13-11-17(20-21(13)2)18(23)22-9-7-14(12-22)8-10-24-16-5-3-15(19)4-6-16/h3-6,11,14H,7-10,12H2,1-2H3. The SMILES string of the molecule is Cc1cc(C(=O)N2CCC(CCOc3ccc(F)cc3)C2)nn1C. The minimum atomic E-state index is -0.267. The molecule has 128 valence electrons. The van der Waals surface area contributed by atoms with Gasteiger partial charge in [0, 0.05) is 25.8 Å². The van der Waals surface area contributed by atoms with Gasteiger partial charge in [0.15, 0.2) is 5.69 Å². The van der Waals surface area contributed by atoms with Crippen LogP contribution in [0.5, 0.6) is 5.75 Å². The highest BCUT2D eigenvalue weighted by Crippen LogP contribution is 2.22. The molecule has 1 saturated heterocycles. The summed E-state index contributed by atoms with van der Waals surface area (Å²) in [5, 5.41) is 4.26. The van der Waals surface area contributed by atoms with Crippen molar-refractivity contribution in [1.82, 2.24) is 14.7 Å². The number of aromatic nitrogens is 2. The molecule has 1 amide bonds. The van der Waals surface area contributed by atoms with Crippen LogP contribution in [-0.2, 0) is 7.05 Å². The van der Waals surface area contributed by atoms with Crippen LogP contribution in [0.1, 0.15) is 29.0 Å². The predicted octanol–water partition coefficient (Wildman–Crippen LogP) is 2.80. The van der Waals surface area contributed by atoms with E-state index in [1.165, 1.54) is 12.1 Å². The Bertz CT molecular complexity index is 692. The number of aryl methyl sites for hydroxylation is 2. The van der Waals surface area contributed by atoms with E-state index in [0.717, 1.165) is 31.6 Å². The number of rotatable bonds is 5. The smallest absolute Gasteiger partial charge is 0.274 e. The Morgan fingerprint density at radius 2 is 2.12 bits per heavy atom. The highest BCUT2D eigenvalue weighted by atomic mass is 19.1. The molecule has 0 bridgehead atoms. The molecule has 0 spiro atoms. The number of amides is 1. The van der Waals surface area contributed by atoms with Crippen LogP contribution in [0.15, 0.2) is 30.3 Å². The van der Waals surface area contributed by atoms with Crippen LogP contribution in [-0.4, -0.2) is 40.3 Å². The monoisotopic (exact) mass is 331 g/mol. The summed E-state index contributed by atoms with van der Waals surface area (Å²) in [5.74, 6) is 0.836. The Kier molecular flexibility index (Phi) is 4.83. The first-order chi connectivity index (χ1) is 11.5. The Morgan fingerprint density at radius 3 is 2.79 bits per heavy atom. The third kappa shape index (κ3) is 3.75. The van der Waals surface area contributed by atoms with Crippen LogP contribution in [0, 0.1) is 18.7 Å². The van der Waals surface area contributed by atoms with Gasteiger partial charge < -0.3 is 9.64 Å². The van der Waals surface area contributed by atoms with E-state index in [1.807, 2.05) is 24.9 Å². The minimum absolute atomic E-state index is 0.000605. The number of nitrogens with zero attached hydrogens (tertiary/aromatic N) is 3. The average molecular weight is 331 g/mol. The van der Waals surface area contributed by atoms with E-state index in [-0.39, 0.29) is 11.7 Å². The van der Waals surface area contributed by atoms with Gasteiger partial charge in [-0.2, -0.15) is 5.10 Å². The maximum Gasteiger partial charge on any atom is 0.274 e. The summed E-state index contributed by atoms with van der Waals surface area (Å²) in [5.41, 5.74) is 1.49. The van der Waals surface area contributed by atoms with Crippen LogP contribution >= 0.6 is 0 Å². The largest absolute Gasteiger partial charge is 0.494 e. The van der Waals surface area contributed by atoms with Gasteiger partial charge in [0.1, 0.15) is 11.6 Å². The quantitative estimate of drug-likeness (QED) is 0.846. The highest BCUT2D eigenvalue weighted by Gasteiger charge is 2.28. The summed E-state index contributed by atoms with van der Waals surface area (Å²) >= 11 is 0. The summed E-state index contributed by atoms with van der Waals surface area (Å²) in [6, 6.07) is 7.86. The summed E-state index contributed by atoms with van der Waals surface area (Å²) in [6.45, 7) is 4.00. The van der Waals surface area contributed by atoms with E-state index in [0.29, 0.717) is 24.0 Å². The lowest BCUT2D eigenvalue weighted by molar-refractivity contribution is 0.0778. The van der Waals surface area contributed by atoms with Gasteiger partial charge in [0.25, 0.3) is 5.91 Å². The van der Waals surface area contributed by atoms with Crippen molar-refractivity contribution in [3.05, 3.63) is 47.5 Å². The summed E-state index contributed by atoms with van der Waals surface area (Å²) in [4.78, 5) is 14.3. The topological polar surface area (TPSA) is 47.4 Å². The number of benzene rings is 1. The third-order valence-electron chi connectivity index (χ3n) is 4.51. The number of likely N-dealkylation sites (tertiary alicyclic amines) is 1. The molecule has 1 atom stereocenters. The molecule has 3 rings (SSSR count). The van der Waals surface area contributed by atoms with Crippen LogP contribution in [0.2, 0.25) is 0 Å². The molecule has 0 aliphatic carbocycles. The second-order valence-electron chi connectivity index (χ2n) is 6.29. The predicted molar refractivity (Wildman–Crippen MR) is 88.5 cm³/mol. The second-order valence-corrected chi connectivity index (χ2v) is 6.29. The zero-order valence-corrected chi connectivity index (χ0v) is 14.0. The van der Waals surface area contributed by atoms with Crippen molar-refractivity contribution in [1.29, 1.82) is 0 Å². The van der Waals surface area contributed by atoms with E-state index in [9.17, 15) is 9.18 Å². The van der Waals surface area contributed by atoms with Crippen LogP contribution in [0.3, 0.4) is 0 Å². The van der Waals surface area contributed by atoms with Gasteiger partial charge in [-0.3, -0.25) is 9.48 Å². The fourth-order valence-corrected chi connectivity index (χ4v) is 2.95. The number of halogens is 1. The summed E-state index contributed by atoms with van der Waals surface area (Å²) in [6.07, 6.45) is 1.85. The number of ether oxygens (including phenoxy) is 1. The lowest BCUT2D eigenvalue weighted by atomic mass is 10.1. The molecule has 1 fully saturated rings. The zero-order chi connectivity index (χ0) is 17.1. The molecule has 1 unspecified atom stereocenters. The fraction of sp³-hybridized carbons (Fsp3) is 0.444. The molecule has 1 aromatic carbocycles. The zero-order valence-electron chi connectivity index (χ0n) is 14.0. The van der Waals surface area contributed by atoms with E-state index in [4.69, 9.17) is 4.74 Å². The van der Waals surface area contributed by atoms with Crippen molar-refractivity contribution < 1.29 is 13.9 Å². The number of carbonyl (C=O) groups excluding carboxylic acids is 1. The van der Waals surface area contributed by atoms with Crippen molar-refractivity contribution in [3.63, 3.8) is 0 Å². The van der Waals surface area contributed by atoms with Gasteiger partial charge in [-0.15, -0.1) is 0 Å². The van der Waals surface area contributed by atoms with Gasteiger partial charge in [-0.05, 0) is 56.0 Å². The Balaban J connectivity index is 1.46. The average Bonchev–Trinajstić information content (AvgIpc) is 3.16. The van der Waals surface area contributed by atoms with Crippen LogP contribution < -0.4 is 4.74 Å². The molecule has 6 heteroatoms. The molecule has 0 radical (unpaired) electrons. The number of hydrogen-bond acceptors (Lipinski definition) is 3. The highest BCUT2D eigenvalue weighted by molar-refractivity contribution is 5.92. The number of hydrogen-bond donors (Lipinski definition) is 0. The first-order valence-electron chi connectivity index (χ1n) is 8.21. The molecule has 1 aromatic heterocycles. The molecule has 2 aromatic rings. The summed E-state index contributed by atoms with van der Waals surface area (Å²) in [7, 11) is 1.84. The van der Waals surface area contributed by atoms with Crippen molar-refractivity contribution in [3.8, 4) is 5.75 Å². The van der Waals surface area contributed by atoms with Gasteiger partial charge in [0.05, 0.1) is 6.61 Å². The Hall–Kier alpha value is -2.37. The first-order valence-corrected chi connectivity index (χ1v) is 8.21. The fourth-order valence-electron chi connectivity index (χ4n) is 2.95. The lowest BCUT2D eigenvalue weighted by Gasteiger charge is -2.15. The van der Waals surface area contributed by atoms with Crippen LogP contribution in [0.25, 0.3) is 0 Å². The van der Waals surface area contributed by atoms with Crippen molar-refractivity contribution in [2.24, 2.45) is 13.0 Å². The molecule has 0 saturated carbocycles. The van der Waals surface area contributed by atoms with Gasteiger partial charge in [-0.25, -0.2) is 4.39 Å². The normalized spacial score (nSPS) is 17.3. The molecule has 1 aliphatic heterocycles. The van der Waals surface area contributed by atoms with E-state index >= 15 is 0 Å². The second kappa shape index (κ2) is 7.03. The van der Waals surface area contributed by atoms with Crippen molar-refractivity contribution in [2.75, 3.05) is 19.7 Å². The Morgan fingerprint density at radius 1 is 1.38 bits per heavy atom. The minimum Gasteiger partial charge on any atom is -0.494 e. The molecular formula is C18H22FN3O2. The number of carbonyl (C=O) groups is 1. The third-order valence-corrected chi connectivity index (χ3v) is 4.51. The summed E-state index contributed by atoms with van der Waals surface area (Å²) < 4.78 is 20.2. The van der Waals surface area contributed by atoms with E-state index in [2.05, 4.69) is 5.10 Å². The first kappa shape index (κ1) is 16.5. The molecule has 0 N–H and O–H groups in total. The van der Waals surface area contributed by atoms with Crippen LogP contribution in [0.4, 0.5) is 4.39 Å². The molecule has 24 heavy (non-hydrogen) atoms. The lowest BCUT2D eigenvalue weighted by Crippen LogP contribution is -2.29. The van der Waals surface area contributed by atoms with E-state index < -0.39 is 0 Å². The van der Waals surface area contributed by atoms with Gasteiger partial charge >= 0.3 is 0 Å². The van der Waals surface area contributed by atoms with Gasteiger partial charge in [0.2, 0.25) is 0 Å². The maximum absolute atomic E-state index is 12.8. The molecule has 2 heterocycles. The molecule has 5 nitrogen and oxygen atoms in total. The van der Waals surface area contributed by atoms with Gasteiger partial charge in [-0.1, -0.05) is 0 Å². The Labute approximate surface area is 141 Å². The van der Waals surface area contributed by atoms with Crippen molar-refractivity contribution >= 4 is 5.91 Å².